The molecule has 0 spiro atoms. The SMILES string of the molecule is C=P(C)(C)CC[C@H]1O[C@@H](n2cc(CNCC(C)=O)c(=O)[nH]c2=O)[C@H](O)[C@@H]1O.C=P(C)(C)CC[C@H]1O[C@@H](n2cc(CNCC(C)=O)c(=O)[nH]c2=O)[C@H](O)[C@@H]1O.C=P(C)(C)CC[C@H]1O[C@@H](n2cc(CNCC(C)=O)c(=O)[nH]c2=O)[C@H](OC)[C@@H]1O.C=P(C)(C)CC[C@H]1O[C@@H](n2cc(CNCC(C)=O)c(=O)[nH]c2=S)[C@H](O)[C@@H]1O. The van der Waals surface area contributed by atoms with Gasteiger partial charge in [-0.25, -0.2) is 14.4 Å². The van der Waals surface area contributed by atoms with Crippen molar-refractivity contribution in [3.05, 3.63) is 125 Å². The molecule has 0 amide bonds. The second-order valence-electron chi connectivity index (χ2n) is 30.7. The Morgan fingerprint density at radius 3 is 0.890 bits per heavy atom. The fourth-order valence-corrected chi connectivity index (χ4v) is 15.9. The molecule has 35 nitrogen and oxygen atoms in total. The maximum atomic E-state index is 12.4. The van der Waals surface area contributed by atoms with Gasteiger partial charge in [0, 0.05) is 80.3 Å². The van der Waals surface area contributed by atoms with Crippen molar-refractivity contribution in [1.29, 1.82) is 0 Å². The molecule has 0 aromatic carbocycles. The molecule has 0 radical (unpaired) electrons. The number of ketones is 4. The average molecular weight is 1640 g/mol. The molecule has 614 valence electrons. The lowest BCUT2D eigenvalue weighted by Gasteiger charge is -2.21. The summed E-state index contributed by atoms with van der Waals surface area (Å²) in [6, 6.07) is 0. The van der Waals surface area contributed by atoms with Crippen molar-refractivity contribution in [2.45, 2.75) is 178 Å². The minimum Gasteiger partial charge on any atom is -0.388 e. The lowest BCUT2D eigenvalue weighted by Crippen LogP contribution is -2.40. The predicted molar refractivity (Wildman–Crippen MR) is 429 cm³/mol. The van der Waals surface area contributed by atoms with Gasteiger partial charge in [0.1, 0.15) is 72.0 Å². The molecule has 0 saturated carbocycles. The zero-order valence-electron chi connectivity index (χ0n) is 64.3. The molecule has 8 rings (SSSR count). The van der Waals surface area contributed by atoms with Gasteiger partial charge < -0.3 is 80.7 Å². The van der Waals surface area contributed by atoms with Crippen molar-refractivity contribution in [3.8, 4) is 0 Å². The van der Waals surface area contributed by atoms with Crippen LogP contribution in [0.5, 0.6) is 0 Å². The van der Waals surface area contributed by atoms with Crippen molar-refractivity contribution in [1.82, 2.24) is 59.5 Å². The van der Waals surface area contributed by atoms with E-state index in [1.807, 2.05) is 0 Å². The van der Waals surface area contributed by atoms with Crippen LogP contribution in [-0.4, -0.2) is 307 Å². The number of ether oxygens (including phenoxy) is 5. The predicted octanol–water partition coefficient (Wildman–Crippen LogP) is -2.24. The van der Waals surface area contributed by atoms with Crippen LogP contribution in [0.25, 0.3) is 0 Å². The van der Waals surface area contributed by atoms with E-state index in [1.54, 1.807) is 0 Å². The molecule has 4 fully saturated rings. The Balaban J connectivity index is 0.000000260. The molecule has 8 heterocycles. The minimum absolute atomic E-state index is 0.0455. The number of carbonyl (C=O) groups is 4. The molecule has 4 aromatic heterocycles. The van der Waals surface area contributed by atoms with Crippen LogP contribution in [0.15, 0.2) is 58.3 Å². The first-order valence-electron chi connectivity index (χ1n) is 35.3. The number of carbonyl (C=O) groups excluding carboxylic acids is 4. The number of H-pyrrole nitrogens is 4. The van der Waals surface area contributed by atoms with E-state index in [9.17, 15) is 88.5 Å². The van der Waals surface area contributed by atoms with Crippen LogP contribution in [0.3, 0.4) is 0 Å². The lowest BCUT2D eigenvalue weighted by molar-refractivity contribution is -0.117. The Kier molecular flexibility index (Phi) is 35.7. The van der Waals surface area contributed by atoms with Crippen molar-refractivity contribution in [2.24, 2.45) is 0 Å². The number of hydrogen-bond acceptors (Lipinski definition) is 28. The smallest absolute Gasteiger partial charge is 0.330 e. The number of rotatable bonds is 33. The second kappa shape index (κ2) is 41.4. The summed E-state index contributed by atoms with van der Waals surface area (Å²) in [5, 5.41) is 84.0. The number of aromatic amines is 4. The molecule has 16 atom stereocenters. The summed E-state index contributed by atoms with van der Waals surface area (Å²) in [5.74, 6) is -0.283. The van der Waals surface area contributed by atoms with Gasteiger partial charge in [-0.3, -0.25) is 76.6 Å². The number of aliphatic hydroxyl groups excluding tert-OH is 7. The average Bonchev–Trinajstić information content (AvgIpc) is 1.70. The van der Waals surface area contributed by atoms with Crippen LogP contribution in [0, 0.1) is 4.77 Å². The third-order valence-electron chi connectivity index (χ3n) is 17.7. The van der Waals surface area contributed by atoms with Crippen molar-refractivity contribution in [2.75, 3.05) is 111 Å². The van der Waals surface area contributed by atoms with Crippen LogP contribution in [0.4, 0.5) is 0 Å². The van der Waals surface area contributed by atoms with Crippen molar-refractivity contribution >= 4 is 88.1 Å². The summed E-state index contributed by atoms with van der Waals surface area (Å²) >= 11 is 5.20. The number of methoxy groups -OCH3 is 1. The van der Waals surface area contributed by atoms with Crippen LogP contribution in [0.1, 0.15) is 101 Å². The minimum atomic E-state index is -1.33. The van der Waals surface area contributed by atoms with Gasteiger partial charge in [0.2, 0.25) is 0 Å². The normalized spacial score (nSPS) is 25.5. The first-order chi connectivity index (χ1) is 50.5. The number of nitrogens with zero attached hydrogens (tertiary/aromatic N) is 4. The Labute approximate surface area is 636 Å². The third kappa shape index (κ3) is 29.1. The van der Waals surface area contributed by atoms with E-state index < -0.39 is 159 Å². The largest absolute Gasteiger partial charge is 0.388 e. The Morgan fingerprint density at radius 2 is 0.633 bits per heavy atom. The van der Waals surface area contributed by atoms with Crippen molar-refractivity contribution in [3.63, 3.8) is 0 Å². The highest BCUT2D eigenvalue weighted by atomic mass is 32.1. The van der Waals surface area contributed by atoms with Gasteiger partial charge in [0.15, 0.2) is 29.7 Å². The van der Waals surface area contributed by atoms with Gasteiger partial charge in [-0.2, -0.15) is 0 Å². The number of aromatic nitrogens is 8. The number of aliphatic hydroxyl groups is 7. The fraction of sp³-hybridized carbons (Fsp3) is 0.652. The monoisotopic (exact) mass is 1630 g/mol. The quantitative estimate of drug-likeness (QED) is 0.0177. The van der Waals surface area contributed by atoms with Crippen LogP contribution >= 0.6 is 39.8 Å². The molecule has 0 aliphatic carbocycles. The highest BCUT2D eigenvalue weighted by Gasteiger charge is 2.48. The number of nitrogens with one attached hydrogen (secondary N) is 8. The van der Waals surface area contributed by atoms with Gasteiger partial charge in [-0.15, -0.1) is 52.7 Å². The Hall–Kier alpha value is -5.62. The molecule has 4 saturated heterocycles. The molecular weight excluding hydrogens is 1520 g/mol. The van der Waals surface area contributed by atoms with Crippen LogP contribution < -0.4 is 60.6 Å². The van der Waals surface area contributed by atoms with Crippen LogP contribution in [-0.2, 0) is 69.0 Å². The molecule has 109 heavy (non-hydrogen) atoms. The zero-order valence-corrected chi connectivity index (χ0v) is 68.7. The van der Waals surface area contributed by atoms with Gasteiger partial charge >= 0.3 is 17.1 Å². The van der Waals surface area contributed by atoms with E-state index in [4.69, 9.17) is 35.9 Å². The highest BCUT2D eigenvalue weighted by Crippen LogP contribution is 2.43. The molecule has 40 heteroatoms. The van der Waals surface area contributed by atoms with E-state index in [0.717, 1.165) is 33.8 Å². The maximum Gasteiger partial charge on any atom is 0.330 e. The maximum absolute atomic E-state index is 12.4. The standard InChI is InChI=1S/C18H30N3O6P.2C17H28N3O6P.C17H28N3O5PS/c1-11(22)8-19-9-12-10-21(18(25)20-16(12)24)17-15(26-2)14(23)13(27-17)6-7-28(3,4)5;2*1-10(21)7-18-8-11-9-20(17(25)19-15(11)24)16-14(23)13(22)12(26-16)5-6-27(2,3)4;1-10(21)7-18-8-11-9-20(17(27)19-15(11)24)16-14(23)13(22)12(25-16)5-6-26(2,3)4/h10,13-15,17,19,23H,3,6-9H2,1-2,4-5H3,(H,20,24,25);2*9,12-14,16,18,22-23H,2,5-8H2,1,3-4H3,(H,19,24,25);9,12-14,16,18,22-23H,2,5-8H2,1,3-4H3,(H,19,24,27)/t13-,14-,15-,17-;3*12-,13-,14-,16-/m1111/s1. The summed E-state index contributed by atoms with van der Waals surface area (Å²) in [5.41, 5.74) is -3.14. The number of Topliss-reactive ketones (excluding diaryl/α,β-unsaturated/α-hetero) is 4. The summed E-state index contributed by atoms with van der Waals surface area (Å²) < 4.78 is 33.6. The molecule has 0 unspecified atom stereocenters. The lowest BCUT2D eigenvalue weighted by atomic mass is 10.1. The summed E-state index contributed by atoms with van der Waals surface area (Å²) in [6.45, 7) is 18.0. The Bertz CT molecular complexity index is 4180. The molecule has 4 aromatic rings. The zero-order chi connectivity index (χ0) is 82.1. The van der Waals surface area contributed by atoms with Gasteiger partial charge in [-0.1, -0.05) is 0 Å². The van der Waals surface area contributed by atoms with E-state index in [2.05, 4.69) is 120 Å². The van der Waals surface area contributed by atoms with Crippen molar-refractivity contribution < 1.29 is 78.6 Å². The molecule has 4 aliphatic heterocycles. The summed E-state index contributed by atoms with van der Waals surface area (Å²) in [7, 11) is 1.44. The summed E-state index contributed by atoms with van der Waals surface area (Å²) in [4.78, 5) is 138. The van der Waals surface area contributed by atoms with E-state index in [-0.39, 0.29) is 103 Å². The molecule has 0 bridgehead atoms. The summed E-state index contributed by atoms with van der Waals surface area (Å²) in [6.07, 6.45) is 12.4. The van der Waals surface area contributed by atoms with Gasteiger partial charge in [0.25, 0.3) is 22.2 Å². The highest BCUT2D eigenvalue weighted by molar-refractivity contribution is 7.73. The van der Waals surface area contributed by atoms with Crippen LogP contribution in [0.2, 0.25) is 0 Å². The van der Waals surface area contributed by atoms with E-state index in [0.29, 0.717) is 31.2 Å². The second-order valence-corrected chi connectivity index (χ2v) is 48.4. The first-order valence-corrected chi connectivity index (χ1v) is 47.9. The topological polar surface area (TPSA) is 507 Å². The molecular formula is C69H114N12O23P4S. The third-order valence-corrected chi connectivity index (χ3v) is 23.9. The Morgan fingerprint density at radius 1 is 0.404 bits per heavy atom. The first kappa shape index (κ1) is 94.0. The van der Waals surface area contributed by atoms with Gasteiger partial charge in [-0.05, 0) is 144 Å². The molecule has 15 N–H and O–H groups in total. The molecule has 4 aliphatic rings. The fourth-order valence-electron chi connectivity index (χ4n) is 11.8. The van der Waals surface area contributed by atoms with E-state index >= 15 is 0 Å². The van der Waals surface area contributed by atoms with Gasteiger partial charge in [0.05, 0.1) is 50.6 Å². The van der Waals surface area contributed by atoms with E-state index in [1.165, 1.54) is 68.7 Å². The number of hydrogen-bond donors (Lipinski definition) is 15.